The van der Waals surface area contributed by atoms with Crippen molar-refractivity contribution in [1.82, 2.24) is 5.32 Å². The highest BCUT2D eigenvalue weighted by atomic mass is 16.2. The number of aliphatic hydroxyl groups is 1. The first-order chi connectivity index (χ1) is 3.93. The van der Waals surface area contributed by atoms with E-state index in [1.54, 1.807) is 0 Å². The molecule has 1 aliphatic rings. The van der Waals surface area contributed by atoms with Crippen LogP contribution < -0.4 is 5.32 Å². The van der Waals surface area contributed by atoms with Crippen LogP contribution in [0, 0.1) is 5.92 Å². The average Bonchev–Trinajstić information content (AvgIpc) is 1.63. The minimum absolute atomic E-state index is 0.358. The lowest BCUT2D eigenvalue weighted by Crippen LogP contribution is -2.41. The predicted molar refractivity (Wildman–Crippen MR) is 32.7 cm³/mol. The van der Waals surface area contributed by atoms with Gasteiger partial charge in [0.05, 0.1) is 0 Å². The number of hydrogen-bond acceptors (Lipinski definition) is 2. The Morgan fingerprint density at radius 2 is 2.25 bits per heavy atom. The highest BCUT2D eigenvalue weighted by molar-refractivity contribution is 4.73. The molecule has 2 nitrogen and oxygen atoms in total. The number of nitrogens with one attached hydrogen (secondary N) is 1. The summed E-state index contributed by atoms with van der Waals surface area (Å²) in [5.74, 6) is 0.863. The van der Waals surface area contributed by atoms with E-state index in [2.05, 4.69) is 5.32 Å². The Morgan fingerprint density at radius 1 is 1.50 bits per heavy atom. The molecular weight excluding hydrogens is 102 g/mol. The lowest BCUT2D eigenvalue weighted by atomic mass is 9.98. The Morgan fingerprint density at radius 3 is 2.62 bits per heavy atom. The molecule has 0 aromatic carbocycles. The Balaban J connectivity index is 1.86. The minimum Gasteiger partial charge on any atom is -0.396 e. The molecule has 0 aliphatic carbocycles. The van der Waals surface area contributed by atoms with Gasteiger partial charge in [0.25, 0.3) is 0 Å². The van der Waals surface area contributed by atoms with Gasteiger partial charge in [0.1, 0.15) is 0 Å². The largest absolute Gasteiger partial charge is 0.396 e. The SMILES string of the molecule is OCCCC1CNC1. The molecule has 1 heterocycles. The number of aliphatic hydroxyl groups excluding tert-OH is 1. The van der Waals surface area contributed by atoms with Crippen LogP contribution in [0.1, 0.15) is 12.8 Å². The summed E-state index contributed by atoms with van der Waals surface area (Å²) in [5, 5.41) is 11.6. The third kappa shape index (κ3) is 1.46. The molecule has 1 rings (SSSR count). The van der Waals surface area contributed by atoms with Crippen molar-refractivity contribution in [3.63, 3.8) is 0 Å². The summed E-state index contributed by atoms with van der Waals surface area (Å²) < 4.78 is 0. The number of hydrogen-bond donors (Lipinski definition) is 2. The zero-order valence-corrected chi connectivity index (χ0v) is 5.06. The minimum atomic E-state index is 0.358. The van der Waals surface area contributed by atoms with Gasteiger partial charge >= 0.3 is 0 Å². The predicted octanol–water partition coefficient (Wildman–Crippen LogP) is -0.0217. The first-order valence-corrected chi connectivity index (χ1v) is 3.25. The lowest BCUT2D eigenvalue weighted by molar-refractivity contribution is 0.248. The Labute approximate surface area is 49.9 Å². The van der Waals surface area contributed by atoms with Crippen LogP contribution in [-0.2, 0) is 0 Å². The maximum absolute atomic E-state index is 8.41. The maximum atomic E-state index is 8.41. The molecule has 0 radical (unpaired) electrons. The standard InChI is InChI=1S/C6H13NO/c8-3-1-2-6-4-7-5-6/h6-8H,1-5H2. The molecule has 48 valence electrons. The van der Waals surface area contributed by atoms with Crippen LogP contribution in [0.25, 0.3) is 0 Å². The fraction of sp³-hybridized carbons (Fsp3) is 1.00. The van der Waals surface area contributed by atoms with Gasteiger partial charge in [-0.05, 0) is 31.8 Å². The first kappa shape index (κ1) is 6.05. The van der Waals surface area contributed by atoms with Crippen molar-refractivity contribution in [2.24, 2.45) is 5.92 Å². The van der Waals surface area contributed by atoms with E-state index >= 15 is 0 Å². The zero-order valence-electron chi connectivity index (χ0n) is 5.06. The fourth-order valence-corrected chi connectivity index (χ4v) is 0.933. The van der Waals surface area contributed by atoms with E-state index in [1.165, 1.54) is 19.5 Å². The first-order valence-electron chi connectivity index (χ1n) is 3.25. The van der Waals surface area contributed by atoms with E-state index in [0.29, 0.717) is 6.61 Å². The Bertz CT molecular complexity index is 61.5. The highest BCUT2D eigenvalue weighted by Gasteiger charge is 2.14. The second-order valence-corrected chi connectivity index (χ2v) is 2.39. The van der Waals surface area contributed by atoms with Gasteiger partial charge < -0.3 is 10.4 Å². The third-order valence-corrected chi connectivity index (χ3v) is 1.64. The zero-order chi connectivity index (χ0) is 5.82. The van der Waals surface area contributed by atoms with Gasteiger partial charge in [-0.15, -0.1) is 0 Å². The van der Waals surface area contributed by atoms with Crippen LogP contribution in [0.3, 0.4) is 0 Å². The van der Waals surface area contributed by atoms with Gasteiger partial charge in [0, 0.05) is 6.61 Å². The molecule has 8 heavy (non-hydrogen) atoms. The van der Waals surface area contributed by atoms with Crippen molar-refractivity contribution in [3.05, 3.63) is 0 Å². The fourth-order valence-electron chi connectivity index (χ4n) is 0.933. The highest BCUT2D eigenvalue weighted by Crippen LogP contribution is 2.09. The van der Waals surface area contributed by atoms with Gasteiger partial charge in [-0.2, -0.15) is 0 Å². The normalized spacial score (nSPS) is 20.6. The quantitative estimate of drug-likeness (QED) is 0.541. The van der Waals surface area contributed by atoms with E-state index in [-0.39, 0.29) is 0 Å². The van der Waals surface area contributed by atoms with E-state index in [0.717, 1.165) is 12.3 Å². The molecular formula is C6H13NO. The van der Waals surface area contributed by atoms with Crippen LogP contribution in [-0.4, -0.2) is 24.8 Å². The van der Waals surface area contributed by atoms with Crippen LogP contribution in [0.5, 0.6) is 0 Å². The summed E-state index contributed by atoms with van der Waals surface area (Å²) in [5.41, 5.74) is 0. The van der Waals surface area contributed by atoms with Gasteiger partial charge in [0.2, 0.25) is 0 Å². The maximum Gasteiger partial charge on any atom is 0.0431 e. The van der Waals surface area contributed by atoms with Crippen LogP contribution in [0.15, 0.2) is 0 Å². The van der Waals surface area contributed by atoms with Crippen LogP contribution in [0.2, 0.25) is 0 Å². The van der Waals surface area contributed by atoms with Crippen LogP contribution >= 0.6 is 0 Å². The number of rotatable bonds is 3. The lowest BCUT2D eigenvalue weighted by Gasteiger charge is -2.26. The summed E-state index contributed by atoms with van der Waals surface area (Å²) in [4.78, 5) is 0. The molecule has 0 amide bonds. The molecule has 1 fully saturated rings. The molecule has 0 aromatic heterocycles. The topological polar surface area (TPSA) is 32.3 Å². The van der Waals surface area contributed by atoms with Crippen molar-refractivity contribution in [2.75, 3.05) is 19.7 Å². The molecule has 0 bridgehead atoms. The van der Waals surface area contributed by atoms with E-state index in [1.807, 2.05) is 0 Å². The van der Waals surface area contributed by atoms with E-state index < -0.39 is 0 Å². The van der Waals surface area contributed by atoms with Gasteiger partial charge in [-0.3, -0.25) is 0 Å². The molecule has 0 unspecified atom stereocenters. The molecule has 0 aromatic rings. The monoisotopic (exact) mass is 115 g/mol. The smallest absolute Gasteiger partial charge is 0.0431 e. The van der Waals surface area contributed by atoms with Gasteiger partial charge in [0.15, 0.2) is 0 Å². The second-order valence-electron chi connectivity index (χ2n) is 2.39. The van der Waals surface area contributed by atoms with Crippen molar-refractivity contribution >= 4 is 0 Å². The molecule has 2 heteroatoms. The molecule has 1 saturated heterocycles. The summed E-state index contributed by atoms with van der Waals surface area (Å²) in [7, 11) is 0. The molecule has 1 aliphatic heterocycles. The van der Waals surface area contributed by atoms with Crippen molar-refractivity contribution in [2.45, 2.75) is 12.8 Å². The van der Waals surface area contributed by atoms with Crippen LogP contribution in [0.4, 0.5) is 0 Å². The average molecular weight is 115 g/mol. The summed E-state index contributed by atoms with van der Waals surface area (Å²) in [6.07, 6.45) is 2.18. The molecule has 0 saturated carbocycles. The Hall–Kier alpha value is -0.0800. The molecule has 2 N–H and O–H groups in total. The Kier molecular flexibility index (Phi) is 2.30. The van der Waals surface area contributed by atoms with E-state index in [4.69, 9.17) is 5.11 Å². The summed E-state index contributed by atoms with van der Waals surface area (Å²) in [6.45, 7) is 2.69. The van der Waals surface area contributed by atoms with Gasteiger partial charge in [-0.25, -0.2) is 0 Å². The van der Waals surface area contributed by atoms with Crippen molar-refractivity contribution in [1.29, 1.82) is 0 Å². The summed E-state index contributed by atoms with van der Waals surface area (Å²) >= 11 is 0. The van der Waals surface area contributed by atoms with E-state index in [9.17, 15) is 0 Å². The third-order valence-electron chi connectivity index (χ3n) is 1.64. The molecule has 0 atom stereocenters. The molecule has 0 spiro atoms. The summed E-state index contributed by atoms with van der Waals surface area (Å²) in [6, 6.07) is 0. The second kappa shape index (κ2) is 3.05. The van der Waals surface area contributed by atoms with Crippen molar-refractivity contribution in [3.8, 4) is 0 Å². The van der Waals surface area contributed by atoms with Gasteiger partial charge in [-0.1, -0.05) is 0 Å². The van der Waals surface area contributed by atoms with Crippen molar-refractivity contribution < 1.29 is 5.11 Å².